The normalized spacial score (nSPS) is 13.3. The molecule has 2 atom stereocenters. The Labute approximate surface area is 146 Å². The highest BCUT2D eigenvalue weighted by Gasteiger charge is 2.26. The van der Waals surface area contributed by atoms with E-state index in [-0.39, 0.29) is 15.4 Å². The summed E-state index contributed by atoms with van der Waals surface area (Å²) in [6.45, 7) is 0. The number of benzene rings is 2. The molecular weight excluding hydrogens is 412 g/mol. The molecule has 0 aromatic heterocycles. The fourth-order valence-electron chi connectivity index (χ4n) is 2.03. The van der Waals surface area contributed by atoms with Crippen LogP contribution in [0.2, 0.25) is 0 Å². The second kappa shape index (κ2) is 7.79. The third kappa shape index (κ3) is 3.90. The van der Waals surface area contributed by atoms with Crippen molar-refractivity contribution in [1.29, 1.82) is 0 Å². The molecule has 2 unspecified atom stereocenters. The fourth-order valence-corrected chi connectivity index (χ4v) is 3.12. The van der Waals surface area contributed by atoms with Gasteiger partial charge in [-0.15, -0.1) is 0 Å². The van der Waals surface area contributed by atoms with Gasteiger partial charge >= 0.3 is 0 Å². The van der Waals surface area contributed by atoms with E-state index in [9.17, 15) is 4.79 Å². The topological polar surface area (TPSA) is 35.5 Å². The van der Waals surface area contributed by atoms with Crippen molar-refractivity contribution < 1.29 is 14.3 Å². The largest absolute Gasteiger partial charge is 0.497 e. The van der Waals surface area contributed by atoms with Gasteiger partial charge in [-0.3, -0.25) is 4.79 Å². The van der Waals surface area contributed by atoms with Crippen molar-refractivity contribution in [3.8, 4) is 11.5 Å². The molecule has 2 aromatic rings. The molecule has 3 nitrogen and oxygen atoms in total. The van der Waals surface area contributed by atoms with Crippen molar-refractivity contribution in [3.63, 3.8) is 0 Å². The minimum absolute atomic E-state index is 0.00680. The van der Waals surface area contributed by atoms with Gasteiger partial charge in [-0.2, -0.15) is 0 Å². The van der Waals surface area contributed by atoms with Gasteiger partial charge in [0, 0.05) is 5.56 Å². The first-order valence-electron chi connectivity index (χ1n) is 6.67. The van der Waals surface area contributed by atoms with Gasteiger partial charge in [-0.05, 0) is 42.0 Å². The predicted octanol–water partition coefficient (Wildman–Crippen LogP) is 4.79. The number of hydrogen-bond acceptors (Lipinski definition) is 3. The Bertz CT molecular complexity index is 641. The van der Waals surface area contributed by atoms with Crippen LogP contribution in [0.5, 0.6) is 11.5 Å². The van der Waals surface area contributed by atoms with E-state index in [1.165, 1.54) is 0 Å². The lowest BCUT2D eigenvalue weighted by atomic mass is 10.0. The van der Waals surface area contributed by atoms with E-state index < -0.39 is 0 Å². The highest BCUT2D eigenvalue weighted by Crippen LogP contribution is 2.34. The summed E-state index contributed by atoms with van der Waals surface area (Å²) in [5.41, 5.74) is 1.61. The molecule has 5 heteroatoms. The summed E-state index contributed by atoms with van der Waals surface area (Å²) in [6.07, 6.45) is 0. The van der Waals surface area contributed by atoms with E-state index in [0.717, 1.165) is 17.1 Å². The molecular formula is C17H16Br2O3. The monoisotopic (exact) mass is 426 g/mol. The Balaban J connectivity index is 2.17. The Morgan fingerprint density at radius 2 is 1.59 bits per heavy atom. The standard InChI is InChI=1S/C17H16Br2O3/c1-21-13-8-6-11(7-9-13)17(20)16(19)15(18)12-4-3-5-14(10-12)22-2/h3-10,15-16H,1-2H3. The molecule has 2 rings (SSSR count). The highest BCUT2D eigenvalue weighted by atomic mass is 79.9. The number of methoxy groups -OCH3 is 2. The molecule has 0 saturated heterocycles. The molecule has 0 aliphatic heterocycles. The molecule has 0 aliphatic carbocycles. The summed E-state index contributed by atoms with van der Waals surface area (Å²) >= 11 is 7.09. The Hall–Kier alpha value is -1.33. The van der Waals surface area contributed by atoms with Crippen molar-refractivity contribution in [2.24, 2.45) is 0 Å². The van der Waals surface area contributed by atoms with E-state index in [2.05, 4.69) is 31.9 Å². The highest BCUT2D eigenvalue weighted by molar-refractivity contribution is 9.12. The van der Waals surface area contributed by atoms with Gasteiger partial charge in [-0.1, -0.05) is 44.0 Å². The van der Waals surface area contributed by atoms with Crippen molar-refractivity contribution >= 4 is 37.6 Å². The molecule has 22 heavy (non-hydrogen) atoms. The molecule has 0 N–H and O–H groups in total. The molecule has 2 aromatic carbocycles. The first-order chi connectivity index (χ1) is 10.6. The van der Waals surface area contributed by atoms with Crippen LogP contribution in [-0.4, -0.2) is 24.8 Å². The summed E-state index contributed by atoms with van der Waals surface area (Å²) < 4.78 is 10.3. The Kier molecular flexibility index (Phi) is 6.03. The van der Waals surface area contributed by atoms with Gasteiger partial charge in [0.25, 0.3) is 0 Å². The molecule has 116 valence electrons. The van der Waals surface area contributed by atoms with Crippen LogP contribution in [0.15, 0.2) is 48.5 Å². The molecule has 0 bridgehead atoms. The summed E-state index contributed by atoms with van der Waals surface area (Å²) in [4.78, 5) is 12.0. The number of ether oxygens (including phenoxy) is 2. The summed E-state index contributed by atoms with van der Waals surface area (Å²) in [5, 5.41) is 0. The van der Waals surface area contributed by atoms with Gasteiger partial charge in [0.2, 0.25) is 0 Å². The Morgan fingerprint density at radius 1 is 0.955 bits per heavy atom. The fraction of sp³-hybridized carbons (Fsp3) is 0.235. The average Bonchev–Trinajstić information content (AvgIpc) is 2.59. The van der Waals surface area contributed by atoms with Crippen LogP contribution in [0.1, 0.15) is 20.7 Å². The summed E-state index contributed by atoms with van der Waals surface area (Å²) in [5.74, 6) is 1.50. The SMILES string of the molecule is COc1ccc(C(=O)C(Br)C(Br)c2cccc(OC)c2)cc1. The zero-order chi connectivity index (χ0) is 16.1. The number of carbonyl (C=O) groups is 1. The summed E-state index contributed by atoms with van der Waals surface area (Å²) in [6, 6.07) is 14.7. The average molecular weight is 428 g/mol. The van der Waals surface area contributed by atoms with Crippen LogP contribution in [0.3, 0.4) is 0 Å². The van der Waals surface area contributed by atoms with Crippen LogP contribution >= 0.6 is 31.9 Å². The maximum atomic E-state index is 12.6. The van der Waals surface area contributed by atoms with Crippen LogP contribution < -0.4 is 9.47 Å². The molecule has 0 heterocycles. The molecule has 0 aliphatic rings. The van der Waals surface area contributed by atoms with Gasteiger partial charge in [0.1, 0.15) is 11.5 Å². The summed E-state index contributed by atoms with van der Waals surface area (Å²) in [7, 11) is 3.22. The van der Waals surface area contributed by atoms with Crippen LogP contribution in [-0.2, 0) is 0 Å². The quantitative estimate of drug-likeness (QED) is 0.491. The van der Waals surface area contributed by atoms with E-state index in [4.69, 9.17) is 9.47 Å². The second-order valence-electron chi connectivity index (χ2n) is 4.67. The minimum Gasteiger partial charge on any atom is -0.497 e. The number of hydrogen-bond donors (Lipinski definition) is 0. The van der Waals surface area contributed by atoms with E-state index >= 15 is 0 Å². The van der Waals surface area contributed by atoms with Gasteiger partial charge < -0.3 is 9.47 Å². The maximum Gasteiger partial charge on any atom is 0.177 e. The van der Waals surface area contributed by atoms with Gasteiger partial charge in [0.05, 0.1) is 23.9 Å². The lowest BCUT2D eigenvalue weighted by Crippen LogP contribution is -2.19. The lowest BCUT2D eigenvalue weighted by Gasteiger charge is -2.17. The first kappa shape index (κ1) is 17.0. The number of alkyl halides is 2. The van der Waals surface area contributed by atoms with Crippen molar-refractivity contribution in [3.05, 3.63) is 59.7 Å². The third-order valence-corrected chi connectivity index (χ3v) is 6.01. The Morgan fingerprint density at radius 3 is 2.18 bits per heavy atom. The van der Waals surface area contributed by atoms with Crippen LogP contribution in [0.25, 0.3) is 0 Å². The van der Waals surface area contributed by atoms with E-state index in [0.29, 0.717) is 5.56 Å². The number of carbonyl (C=O) groups excluding carboxylic acids is 1. The van der Waals surface area contributed by atoms with Gasteiger partial charge in [0.15, 0.2) is 5.78 Å². The smallest absolute Gasteiger partial charge is 0.177 e. The molecule has 0 spiro atoms. The maximum absolute atomic E-state index is 12.6. The van der Waals surface area contributed by atoms with Crippen LogP contribution in [0, 0.1) is 0 Å². The number of ketones is 1. The van der Waals surface area contributed by atoms with Crippen LogP contribution in [0.4, 0.5) is 0 Å². The zero-order valence-corrected chi connectivity index (χ0v) is 15.4. The van der Waals surface area contributed by atoms with Crippen molar-refractivity contribution in [1.82, 2.24) is 0 Å². The molecule has 0 radical (unpaired) electrons. The molecule has 0 amide bonds. The van der Waals surface area contributed by atoms with Crippen molar-refractivity contribution in [2.45, 2.75) is 9.65 Å². The molecule has 0 saturated carbocycles. The van der Waals surface area contributed by atoms with E-state index in [1.807, 2.05) is 24.3 Å². The second-order valence-corrected chi connectivity index (χ2v) is 6.65. The van der Waals surface area contributed by atoms with E-state index in [1.54, 1.807) is 38.5 Å². The van der Waals surface area contributed by atoms with Gasteiger partial charge in [-0.25, -0.2) is 0 Å². The number of rotatable bonds is 6. The van der Waals surface area contributed by atoms with Crippen molar-refractivity contribution in [2.75, 3.05) is 14.2 Å². The zero-order valence-electron chi connectivity index (χ0n) is 12.3. The predicted molar refractivity (Wildman–Crippen MR) is 94.7 cm³/mol. The third-order valence-electron chi connectivity index (χ3n) is 3.29. The minimum atomic E-state index is -0.381. The number of halogens is 2. The number of Topliss-reactive ketones (excluding diaryl/α,β-unsaturated/α-hetero) is 1. The lowest BCUT2D eigenvalue weighted by molar-refractivity contribution is 0.0991. The first-order valence-corrected chi connectivity index (χ1v) is 8.50. The molecule has 0 fully saturated rings.